The van der Waals surface area contributed by atoms with Crippen LogP contribution in [-0.4, -0.2) is 0 Å². The van der Waals surface area contributed by atoms with Gasteiger partial charge in [-0.15, -0.1) is 0 Å². The third-order valence-corrected chi connectivity index (χ3v) is 14.7. The maximum atomic E-state index is 2.63. The van der Waals surface area contributed by atoms with Crippen LogP contribution in [-0.2, 0) is 21.7 Å². The van der Waals surface area contributed by atoms with Crippen LogP contribution < -0.4 is 0 Å². The molecular formula is C52H32. The van der Waals surface area contributed by atoms with Crippen LogP contribution in [0.1, 0.15) is 84.8 Å². The molecule has 0 fully saturated rings. The second-order valence-corrected chi connectivity index (χ2v) is 16.4. The molecule has 0 heteroatoms. The summed E-state index contributed by atoms with van der Waals surface area (Å²) in [5, 5.41) is 5.49. The minimum Gasteiger partial charge on any atom is -0.0723 e. The summed E-state index contributed by atoms with van der Waals surface area (Å²) in [6.07, 6.45) is 5.19. The Hall–Kier alpha value is -5.98. The molecule has 0 nitrogen and oxygen atoms in total. The molecule has 8 aliphatic rings. The average Bonchev–Trinajstić information content (AvgIpc) is 3.51. The number of hydrogen-bond donors (Lipinski definition) is 0. The smallest absolute Gasteiger partial charge is 0.0723 e. The van der Waals surface area contributed by atoms with Crippen molar-refractivity contribution in [3.63, 3.8) is 0 Å². The molecule has 0 radical (unpaired) electrons. The molecule has 3 spiro atoms. The predicted octanol–water partition coefficient (Wildman–Crippen LogP) is 11.5. The molecule has 0 amide bonds. The SMILES string of the molecule is Cc1cc2c(c3ccccc13)C13c4ccccc4C4(c5ccccc51)c1cccc5c1C1(C=CC5(C)c5ccccc51)c1c4c3c-2c2ccccc12. The summed E-state index contributed by atoms with van der Waals surface area (Å²) in [7, 11) is 0. The van der Waals surface area contributed by atoms with Gasteiger partial charge in [0.25, 0.3) is 0 Å². The van der Waals surface area contributed by atoms with Gasteiger partial charge in [0.05, 0.1) is 16.2 Å². The lowest BCUT2D eigenvalue weighted by atomic mass is 9.37. The zero-order valence-corrected chi connectivity index (χ0v) is 29.0. The van der Waals surface area contributed by atoms with Crippen LogP contribution in [0.5, 0.6) is 0 Å². The third-order valence-electron chi connectivity index (χ3n) is 14.7. The summed E-state index contributed by atoms with van der Waals surface area (Å²) in [6, 6.07) is 57.1. The first-order valence-electron chi connectivity index (χ1n) is 18.9. The van der Waals surface area contributed by atoms with Gasteiger partial charge in [-0.05, 0) is 124 Å². The van der Waals surface area contributed by atoms with E-state index < -0.39 is 16.2 Å². The Bertz CT molecular complexity index is 3070. The van der Waals surface area contributed by atoms with Crippen LogP contribution in [0.2, 0.25) is 0 Å². The van der Waals surface area contributed by atoms with Gasteiger partial charge in [0.1, 0.15) is 0 Å². The molecule has 240 valence electrons. The molecule has 0 aliphatic heterocycles. The largest absolute Gasteiger partial charge is 0.0729 e. The van der Waals surface area contributed by atoms with Gasteiger partial charge in [-0.25, -0.2) is 0 Å². The van der Waals surface area contributed by atoms with Crippen LogP contribution in [0.15, 0.2) is 158 Å². The Labute approximate surface area is 302 Å². The predicted molar refractivity (Wildman–Crippen MR) is 211 cm³/mol. The van der Waals surface area contributed by atoms with Crippen LogP contribution in [0.3, 0.4) is 0 Å². The fraction of sp³-hybridized carbons (Fsp3) is 0.115. The number of hydrogen-bond acceptors (Lipinski definition) is 0. The molecular weight excluding hydrogens is 625 g/mol. The van der Waals surface area contributed by atoms with Gasteiger partial charge in [-0.1, -0.05) is 158 Å². The summed E-state index contributed by atoms with van der Waals surface area (Å²) < 4.78 is 0. The van der Waals surface area contributed by atoms with Crippen molar-refractivity contribution in [3.05, 3.63) is 236 Å². The molecule has 0 N–H and O–H groups in total. The zero-order chi connectivity index (χ0) is 33.9. The number of allylic oxidation sites excluding steroid dienone is 2. The zero-order valence-electron chi connectivity index (χ0n) is 29.0. The van der Waals surface area contributed by atoms with Crippen molar-refractivity contribution < 1.29 is 0 Å². The second-order valence-electron chi connectivity index (χ2n) is 16.4. The fourth-order valence-electron chi connectivity index (χ4n) is 13.2. The van der Waals surface area contributed by atoms with Crippen molar-refractivity contribution in [1.82, 2.24) is 0 Å². The average molecular weight is 657 g/mol. The Morgan fingerprint density at radius 3 is 1.58 bits per heavy atom. The third kappa shape index (κ3) is 2.30. The Kier molecular flexibility index (Phi) is 4.15. The lowest BCUT2D eigenvalue weighted by Crippen LogP contribution is -2.58. The van der Waals surface area contributed by atoms with Gasteiger partial charge in [-0.2, -0.15) is 0 Å². The first-order valence-corrected chi connectivity index (χ1v) is 18.9. The highest BCUT2D eigenvalue weighted by Gasteiger charge is 2.69. The monoisotopic (exact) mass is 656 g/mol. The highest BCUT2D eigenvalue weighted by molar-refractivity contribution is 6.15. The number of benzene rings is 8. The van der Waals surface area contributed by atoms with Gasteiger partial charge in [0.15, 0.2) is 0 Å². The van der Waals surface area contributed by atoms with Gasteiger partial charge < -0.3 is 0 Å². The normalized spacial score (nSPS) is 26.1. The molecule has 16 rings (SSSR count). The van der Waals surface area contributed by atoms with Crippen LogP contribution in [0, 0.1) is 6.92 Å². The van der Waals surface area contributed by atoms with Crippen molar-refractivity contribution in [2.45, 2.75) is 35.5 Å². The Balaban J connectivity index is 1.36. The van der Waals surface area contributed by atoms with Crippen LogP contribution in [0.25, 0.3) is 32.7 Å². The van der Waals surface area contributed by atoms with Crippen molar-refractivity contribution in [3.8, 4) is 11.1 Å². The van der Waals surface area contributed by atoms with Gasteiger partial charge >= 0.3 is 0 Å². The fourth-order valence-corrected chi connectivity index (χ4v) is 13.2. The van der Waals surface area contributed by atoms with Crippen molar-refractivity contribution in [2.24, 2.45) is 0 Å². The maximum Gasteiger partial charge on any atom is 0.0729 e. The molecule has 8 aromatic carbocycles. The molecule has 2 unspecified atom stereocenters. The number of fused-ring (bicyclic) bond motifs is 7. The molecule has 8 aliphatic carbocycles. The first kappa shape index (κ1) is 26.8. The van der Waals surface area contributed by atoms with Gasteiger partial charge in [-0.3, -0.25) is 0 Å². The lowest BCUT2D eigenvalue weighted by Gasteiger charge is -2.63. The van der Waals surface area contributed by atoms with E-state index in [0.717, 1.165) is 0 Å². The molecule has 4 bridgehead atoms. The van der Waals surface area contributed by atoms with E-state index in [1.807, 2.05) is 0 Å². The van der Waals surface area contributed by atoms with E-state index >= 15 is 0 Å². The lowest BCUT2D eigenvalue weighted by molar-refractivity contribution is 0.496. The standard InChI is InChI=1S/C52H32/c1-29-28-34-43-31-15-4-6-17-33(31)45-48-47(43)52(44(34)32-16-5-3-14-30(29)32)39-22-11-9-20-37(39)51(48,38-21-10-12-23-40(38)52)42-25-13-24-41-46(42)50(45)27-26-49(41,2)35-18-7-8-19-36(35)50/h3-28H,1-2H3. The summed E-state index contributed by atoms with van der Waals surface area (Å²) in [6.45, 7) is 4.77. The quantitative estimate of drug-likeness (QED) is 0.143. The van der Waals surface area contributed by atoms with Crippen LogP contribution >= 0.6 is 0 Å². The number of aryl methyl sites for hydroxylation is 1. The van der Waals surface area contributed by atoms with Crippen LogP contribution in [0.4, 0.5) is 0 Å². The van der Waals surface area contributed by atoms with Crippen molar-refractivity contribution in [1.29, 1.82) is 0 Å². The van der Waals surface area contributed by atoms with E-state index in [1.54, 1.807) is 0 Å². The molecule has 0 saturated heterocycles. The topological polar surface area (TPSA) is 0 Å². The summed E-state index contributed by atoms with van der Waals surface area (Å²) in [5.41, 5.74) is 21.8. The van der Waals surface area contributed by atoms with E-state index in [4.69, 9.17) is 0 Å². The summed E-state index contributed by atoms with van der Waals surface area (Å²) in [4.78, 5) is 0. The first-order chi connectivity index (χ1) is 25.6. The Morgan fingerprint density at radius 1 is 0.365 bits per heavy atom. The molecule has 0 saturated carbocycles. The van der Waals surface area contributed by atoms with E-state index in [9.17, 15) is 0 Å². The highest BCUT2D eigenvalue weighted by Crippen LogP contribution is 2.77. The van der Waals surface area contributed by atoms with Crippen molar-refractivity contribution >= 4 is 21.5 Å². The minimum absolute atomic E-state index is 0.205. The van der Waals surface area contributed by atoms with Crippen molar-refractivity contribution in [2.75, 3.05) is 0 Å². The molecule has 8 aromatic rings. The molecule has 0 aromatic heterocycles. The molecule has 2 atom stereocenters. The number of rotatable bonds is 0. The van der Waals surface area contributed by atoms with Gasteiger partial charge in [0.2, 0.25) is 0 Å². The van der Waals surface area contributed by atoms with E-state index in [-0.39, 0.29) is 5.41 Å². The van der Waals surface area contributed by atoms with E-state index in [0.29, 0.717) is 0 Å². The second kappa shape index (κ2) is 8.06. The summed E-state index contributed by atoms with van der Waals surface area (Å²) >= 11 is 0. The van der Waals surface area contributed by atoms with E-state index in [1.165, 1.54) is 111 Å². The molecule has 0 heterocycles. The Morgan fingerprint density at radius 2 is 0.885 bits per heavy atom. The highest BCUT2D eigenvalue weighted by atomic mass is 14.7. The van der Waals surface area contributed by atoms with E-state index in [2.05, 4.69) is 172 Å². The minimum atomic E-state index is -0.460. The van der Waals surface area contributed by atoms with Gasteiger partial charge in [0, 0.05) is 5.41 Å². The molecule has 52 heavy (non-hydrogen) atoms. The maximum absolute atomic E-state index is 2.63. The summed E-state index contributed by atoms with van der Waals surface area (Å²) in [5.74, 6) is 0.